The SMILES string of the molecule is CNC(=O)[C@@H]1[C@H]2C(=O)N([C@H](CO)c3ccccc3)C(C(=O)NCc3ccccc3)C23CC[C@H]1S3. The highest BCUT2D eigenvalue weighted by atomic mass is 32.2. The topological polar surface area (TPSA) is 98.7 Å². The molecule has 6 atom stereocenters. The molecule has 3 amide bonds. The Morgan fingerprint density at radius 3 is 2.44 bits per heavy atom. The van der Waals surface area contributed by atoms with Gasteiger partial charge in [-0.15, -0.1) is 11.8 Å². The highest BCUT2D eigenvalue weighted by Gasteiger charge is 2.74. The van der Waals surface area contributed by atoms with Crippen LogP contribution in [0.25, 0.3) is 0 Å². The predicted octanol–water partition coefficient (Wildman–Crippen LogP) is 1.87. The highest BCUT2D eigenvalue weighted by Crippen LogP contribution is 2.67. The lowest BCUT2D eigenvalue weighted by atomic mass is 9.71. The lowest BCUT2D eigenvalue weighted by molar-refractivity contribution is -0.142. The average Bonchev–Trinajstić information content (AvgIpc) is 3.52. The molecule has 5 rings (SSSR count). The molecule has 0 radical (unpaired) electrons. The summed E-state index contributed by atoms with van der Waals surface area (Å²) in [4.78, 5) is 42.2. The molecule has 3 saturated heterocycles. The number of rotatable bonds is 7. The van der Waals surface area contributed by atoms with Gasteiger partial charge in [0.1, 0.15) is 6.04 Å². The number of likely N-dealkylation sites (tertiary alicyclic amines) is 1. The van der Waals surface area contributed by atoms with E-state index in [9.17, 15) is 19.5 Å². The Balaban J connectivity index is 1.54. The van der Waals surface area contributed by atoms with Crippen molar-refractivity contribution in [3.63, 3.8) is 0 Å². The van der Waals surface area contributed by atoms with Gasteiger partial charge in [-0.3, -0.25) is 14.4 Å². The van der Waals surface area contributed by atoms with Gasteiger partial charge in [-0.25, -0.2) is 0 Å². The van der Waals surface area contributed by atoms with Gasteiger partial charge in [0.25, 0.3) is 0 Å². The number of amides is 3. The minimum absolute atomic E-state index is 0.0183. The minimum atomic E-state index is -0.768. The summed E-state index contributed by atoms with van der Waals surface area (Å²) >= 11 is 1.62. The molecule has 34 heavy (non-hydrogen) atoms. The molecule has 0 saturated carbocycles. The van der Waals surface area contributed by atoms with E-state index in [0.29, 0.717) is 13.0 Å². The number of hydrogen-bond donors (Lipinski definition) is 3. The summed E-state index contributed by atoms with van der Waals surface area (Å²) in [5.41, 5.74) is 1.74. The van der Waals surface area contributed by atoms with Crippen LogP contribution >= 0.6 is 11.8 Å². The predicted molar refractivity (Wildman–Crippen MR) is 130 cm³/mol. The minimum Gasteiger partial charge on any atom is -0.394 e. The fourth-order valence-corrected chi connectivity index (χ4v) is 8.31. The molecule has 2 aromatic carbocycles. The second-order valence-electron chi connectivity index (χ2n) is 9.23. The van der Waals surface area contributed by atoms with E-state index in [1.54, 1.807) is 23.7 Å². The largest absolute Gasteiger partial charge is 0.394 e. The first-order valence-corrected chi connectivity index (χ1v) is 12.6. The molecule has 3 heterocycles. The van der Waals surface area contributed by atoms with Gasteiger partial charge < -0.3 is 20.6 Å². The van der Waals surface area contributed by atoms with Gasteiger partial charge >= 0.3 is 0 Å². The lowest BCUT2D eigenvalue weighted by Gasteiger charge is -2.37. The summed E-state index contributed by atoms with van der Waals surface area (Å²) in [7, 11) is 1.59. The summed E-state index contributed by atoms with van der Waals surface area (Å²) in [6.45, 7) is 0.0425. The highest BCUT2D eigenvalue weighted by molar-refractivity contribution is 8.02. The molecule has 2 aromatic rings. The van der Waals surface area contributed by atoms with Crippen LogP contribution in [-0.2, 0) is 20.9 Å². The van der Waals surface area contributed by atoms with E-state index in [-0.39, 0.29) is 29.6 Å². The maximum atomic E-state index is 14.0. The summed E-state index contributed by atoms with van der Waals surface area (Å²) in [5, 5.41) is 16.2. The van der Waals surface area contributed by atoms with Gasteiger partial charge in [0.15, 0.2) is 0 Å². The summed E-state index contributed by atoms with van der Waals surface area (Å²) in [6.07, 6.45) is 1.48. The number of thioether (sulfide) groups is 1. The third-order valence-electron chi connectivity index (χ3n) is 7.54. The third-order valence-corrected chi connectivity index (χ3v) is 9.49. The molecule has 0 aliphatic carbocycles. The van der Waals surface area contributed by atoms with Crippen LogP contribution in [-0.4, -0.2) is 57.4 Å². The molecule has 178 valence electrons. The van der Waals surface area contributed by atoms with Gasteiger partial charge in [-0.2, -0.15) is 0 Å². The molecule has 2 unspecified atom stereocenters. The van der Waals surface area contributed by atoms with Crippen molar-refractivity contribution in [3.05, 3.63) is 71.8 Å². The van der Waals surface area contributed by atoms with Crippen LogP contribution in [0, 0.1) is 11.8 Å². The zero-order chi connectivity index (χ0) is 23.9. The Kier molecular flexibility index (Phi) is 6.12. The molecule has 2 bridgehead atoms. The number of aliphatic hydroxyl groups is 1. The number of aliphatic hydroxyl groups excluding tert-OH is 1. The van der Waals surface area contributed by atoms with Crippen molar-refractivity contribution in [3.8, 4) is 0 Å². The first-order chi connectivity index (χ1) is 16.5. The maximum absolute atomic E-state index is 14.0. The number of carbonyl (C=O) groups excluding carboxylic acids is 3. The Hall–Kier alpha value is -2.84. The summed E-state index contributed by atoms with van der Waals surface area (Å²) in [5.74, 6) is -1.66. The van der Waals surface area contributed by atoms with Crippen LogP contribution in [0.4, 0.5) is 0 Å². The molecule has 1 spiro atoms. The van der Waals surface area contributed by atoms with Gasteiger partial charge in [0, 0.05) is 18.8 Å². The van der Waals surface area contributed by atoms with E-state index >= 15 is 0 Å². The molecule has 3 fully saturated rings. The van der Waals surface area contributed by atoms with Gasteiger partial charge in [-0.05, 0) is 24.0 Å². The standard InChI is InChI=1S/C26H29N3O4S/c1-27-23(31)20-19-12-13-26(34-19)21(20)25(33)29(18(15-30)17-10-6-3-7-11-17)22(26)24(32)28-14-16-8-4-2-5-9-16/h2-11,18-22,30H,12-15H2,1H3,(H,27,31)(H,28,32)/t18-,19-,20+,21+,22?,26?/m1/s1. The molecule has 3 N–H and O–H groups in total. The molecule has 8 heteroatoms. The first kappa shape index (κ1) is 22.9. The van der Waals surface area contributed by atoms with Crippen LogP contribution in [0.1, 0.15) is 30.0 Å². The quantitative estimate of drug-likeness (QED) is 0.563. The van der Waals surface area contributed by atoms with E-state index < -0.39 is 28.7 Å². The van der Waals surface area contributed by atoms with E-state index in [2.05, 4.69) is 10.6 Å². The number of nitrogens with one attached hydrogen (secondary N) is 2. The first-order valence-electron chi connectivity index (χ1n) is 11.7. The van der Waals surface area contributed by atoms with Crippen LogP contribution in [0.15, 0.2) is 60.7 Å². The van der Waals surface area contributed by atoms with Crippen molar-refractivity contribution in [2.45, 2.75) is 41.5 Å². The zero-order valence-electron chi connectivity index (χ0n) is 19.0. The van der Waals surface area contributed by atoms with Crippen molar-refractivity contribution in [2.75, 3.05) is 13.7 Å². The fraction of sp³-hybridized carbons (Fsp3) is 0.423. The Morgan fingerprint density at radius 2 is 1.79 bits per heavy atom. The molecule has 0 aromatic heterocycles. The van der Waals surface area contributed by atoms with Crippen LogP contribution < -0.4 is 10.6 Å². The van der Waals surface area contributed by atoms with Gasteiger partial charge in [0.2, 0.25) is 17.7 Å². The second-order valence-corrected chi connectivity index (χ2v) is 10.8. The van der Waals surface area contributed by atoms with Gasteiger partial charge in [-0.1, -0.05) is 60.7 Å². The van der Waals surface area contributed by atoms with Crippen LogP contribution in [0.2, 0.25) is 0 Å². The summed E-state index contributed by atoms with van der Waals surface area (Å²) in [6, 6.07) is 17.5. The molecular weight excluding hydrogens is 450 g/mol. The molecular formula is C26H29N3O4S. The van der Waals surface area contributed by atoms with E-state index in [0.717, 1.165) is 17.5 Å². The van der Waals surface area contributed by atoms with Crippen molar-refractivity contribution >= 4 is 29.5 Å². The van der Waals surface area contributed by atoms with E-state index in [4.69, 9.17) is 0 Å². The normalized spacial score (nSPS) is 30.2. The van der Waals surface area contributed by atoms with E-state index in [1.165, 1.54) is 0 Å². The van der Waals surface area contributed by atoms with Crippen LogP contribution in [0.5, 0.6) is 0 Å². The lowest BCUT2D eigenvalue weighted by Crippen LogP contribution is -2.54. The number of fused-ring (bicyclic) bond motifs is 1. The average molecular weight is 480 g/mol. The monoisotopic (exact) mass is 479 g/mol. The number of carbonyl (C=O) groups is 3. The van der Waals surface area contributed by atoms with Crippen molar-refractivity contribution in [1.29, 1.82) is 0 Å². The smallest absolute Gasteiger partial charge is 0.244 e. The van der Waals surface area contributed by atoms with E-state index in [1.807, 2.05) is 60.7 Å². The van der Waals surface area contributed by atoms with Crippen molar-refractivity contribution < 1.29 is 19.5 Å². The van der Waals surface area contributed by atoms with Crippen LogP contribution in [0.3, 0.4) is 0 Å². The second kappa shape index (κ2) is 9.07. The number of hydrogen-bond acceptors (Lipinski definition) is 5. The van der Waals surface area contributed by atoms with Gasteiger partial charge in [0.05, 0.1) is 29.2 Å². The maximum Gasteiger partial charge on any atom is 0.244 e. The third kappa shape index (κ3) is 3.51. The Bertz CT molecular complexity index is 1080. The number of nitrogens with zero attached hydrogens (tertiary/aromatic N) is 1. The van der Waals surface area contributed by atoms with Crippen molar-refractivity contribution in [2.24, 2.45) is 11.8 Å². The zero-order valence-corrected chi connectivity index (χ0v) is 19.8. The molecule has 7 nitrogen and oxygen atoms in total. The molecule has 3 aliphatic heterocycles. The Labute approximate surface area is 203 Å². The summed E-state index contributed by atoms with van der Waals surface area (Å²) < 4.78 is -0.679. The number of benzene rings is 2. The van der Waals surface area contributed by atoms with Crippen molar-refractivity contribution in [1.82, 2.24) is 15.5 Å². The fourth-order valence-electron chi connectivity index (χ4n) is 6.10. The molecule has 3 aliphatic rings. The Morgan fingerprint density at radius 1 is 1.12 bits per heavy atom.